The van der Waals surface area contributed by atoms with Crippen LogP contribution in [-0.4, -0.2) is 46.0 Å². The Morgan fingerprint density at radius 1 is 1.06 bits per heavy atom. The maximum absolute atomic E-state index is 12.8. The third kappa shape index (κ3) is 4.35. The van der Waals surface area contributed by atoms with Crippen molar-refractivity contribution in [3.05, 3.63) is 73.2 Å². The number of nitrogens with zero attached hydrogens (tertiary/aromatic N) is 2. The number of non-ortho nitro benzene ring substituents is 1. The Labute approximate surface area is 192 Å². The number of nitro benzene ring substituents is 1. The summed E-state index contributed by atoms with van der Waals surface area (Å²) in [5.74, 6) is -3.65. The van der Waals surface area contributed by atoms with Gasteiger partial charge >= 0.3 is 5.97 Å². The number of Topliss-reactive ketones (excluding diaryl/α,β-unsaturated/α-hetero) is 1. The molecule has 0 aliphatic carbocycles. The van der Waals surface area contributed by atoms with Gasteiger partial charge in [0.25, 0.3) is 17.5 Å². The van der Waals surface area contributed by atoms with Gasteiger partial charge in [0.15, 0.2) is 6.61 Å². The van der Waals surface area contributed by atoms with Gasteiger partial charge in [-0.2, -0.15) is 0 Å². The van der Waals surface area contributed by atoms with E-state index in [4.69, 9.17) is 27.9 Å². The molecule has 9 nitrogen and oxygen atoms in total. The van der Waals surface area contributed by atoms with Gasteiger partial charge in [0.2, 0.25) is 5.78 Å². The second-order valence-corrected chi connectivity index (χ2v) is 8.13. The number of amides is 2. The van der Waals surface area contributed by atoms with E-state index in [1.807, 2.05) is 0 Å². The fraction of sp³-hybridized carbons (Fsp3) is 0.238. The van der Waals surface area contributed by atoms with Crippen LogP contribution in [0.2, 0.25) is 10.0 Å². The molecule has 3 rings (SSSR count). The van der Waals surface area contributed by atoms with Crippen LogP contribution in [0.5, 0.6) is 0 Å². The van der Waals surface area contributed by atoms with Crippen LogP contribution in [0.4, 0.5) is 5.69 Å². The number of nitro groups is 1. The van der Waals surface area contributed by atoms with Gasteiger partial charge in [0, 0.05) is 17.7 Å². The Hall–Kier alpha value is -3.30. The summed E-state index contributed by atoms with van der Waals surface area (Å²) in [6.07, 6.45) is 0. The van der Waals surface area contributed by atoms with Crippen LogP contribution in [0.1, 0.15) is 44.9 Å². The summed E-state index contributed by atoms with van der Waals surface area (Å²) in [6, 6.07) is 6.17. The van der Waals surface area contributed by atoms with Gasteiger partial charge in [-0.3, -0.25) is 29.4 Å². The smallest absolute Gasteiger partial charge is 0.330 e. The van der Waals surface area contributed by atoms with Gasteiger partial charge < -0.3 is 4.74 Å². The highest BCUT2D eigenvalue weighted by Crippen LogP contribution is 2.33. The first kappa shape index (κ1) is 23.4. The molecule has 0 N–H and O–H groups in total. The molecular weight excluding hydrogens is 463 g/mol. The molecule has 1 aliphatic heterocycles. The van der Waals surface area contributed by atoms with Crippen molar-refractivity contribution >= 4 is 52.5 Å². The number of rotatable bonds is 7. The lowest BCUT2D eigenvalue weighted by atomic mass is 10.0. The van der Waals surface area contributed by atoms with E-state index >= 15 is 0 Å². The summed E-state index contributed by atoms with van der Waals surface area (Å²) in [6.45, 7) is 2.50. The molecule has 11 heteroatoms. The molecule has 1 atom stereocenters. The van der Waals surface area contributed by atoms with E-state index in [-0.39, 0.29) is 32.4 Å². The summed E-state index contributed by atoms with van der Waals surface area (Å²) in [5.41, 5.74) is -0.283. The molecule has 0 saturated heterocycles. The van der Waals surface area contributed by atoms with E-state index in [0.717, 1.165) is 11.0 Å². The third-order valence-corrected chi connectivity index (χ3v) is 5.56. The SMILES string of the molecule is CC(C)[C@@H](C(=O)OCC(=O)c1cccc([N+](=O)[O-])c1)N1C(=O)c2cc(Cl)c(Cl)cc2C1=O. The predicted octanol–water partition coefficient (Wildman–Crippen LogP) is 3.95. The zero-order valence-electron chi connectivity index (χ0n) is 16.8. The molecule has 0 radical (unpaired) electrons. The first-order valence-electron chi connectivity index (χ1n) is 9.34. The van der Waals surface area contributed by atoms with Gasteiger partial charge in [-0.25, -0.2) is 4.79 Å². The average Bonchev–Trinajstić information content (AvgIpc) is 2.97. The third-order valence-electron chi connectivity index (χ3n) is 4.83. The highest BCUT2D eigenvalue weighted by Gasteiger charge is 2.45. The highest BCUT2D eigenvalue weighted by molar-refractivity contribution is 6.43. The largest absolute Gasteiger partial charge is 0.456 e. The molecule has 0 saturated carbocycles. The first-order valence-corrected chi connectivity index (χ1v) is 10.1. The van der Waals surface area contributed by atoms with Crippen LogP contribution in [0.3, 0.4) is 0 Å². The minimum atomic E-state index is -1.31. The van der Waals surface area contributed by atoms with E-state index in [0.29, 0.717) is 0 Å². The van der Waals surface area contributed by atoms with E-state index in [1.165, 1.54) is 30.3 Å². The fourth-order valence-electron chi connectivity index (χ4n) is 3.28. The Kier molecular flexibility index (Phi) is 6.61. The molecular formula is C21H16Cl2N2O7. The van der Waals surface area contributed by atoms with Crippen LogP contribution in [-0.2, 0) is 9.53 Å². The number of imide groups is 1. The molecule has 2 aromatic carbocycles. The Morgan fingerprint density at radius 3 is 2.12 bits per heavy atom. The standard InChI is InChI=1S/C21H16Cl2N2O7/c1-10(2)18(24-19(27)13-7-15(22)16(23)8-14(13)20(24)28)21(29)32-9-17(26)11-4-3-5-12(6-11)25(30)31/h3-8,10,18H,9H2,1-2H3/t18-/m0/s1. The molecule has 2 aromatic rings. The van der Waals surface area contributed by atoms with Crippen LogP contribution in [0.25, 0.3) is 0 Å². The average molecular weight is 479 g/mol. The van der Waals surface area contributed by atoms with Crippen LogP contribution < -0.4 is 0 Å². The second kappa shape index (κ2) is 9.05. The molecule has 0 aromatic heterocycles. The van der Waals surface area contributed by atoms with Crippen molar-refractivity contribution in [2.45, 2.75) is 19.9 Å². The summed E-state index contributed by atoms with van der Waals surface area (Å²) in [4.78, 5) is 61.8. The Morgan fingerprint density at radius 2 is 1.62 bits per heavy atom. The second-order valence-electron chi connectivity index (χ2n) is 7.32. The van der Waals surface area contributed by atoms with E-state index < -0.39 is 47.1 Å². The minimum Gasteiger partial charge on any atom is -0.456 e. The monoisotopic (exact) mass is 478 g/mol. The topological polar surface area (TPSA) is 124 Å². The zero-order valence-corrected chi connectivity index (χ0v) is 18.3. The van der Waals surface area contributed by atoms with Crippen molar-refractivity contribution in [3.63, 3.8) is 0 Å². The number of ketones is 1. The maximum Gasteiger partial charge on any atom is 0.330 e. The van der Waals surface area contributed by atoms with Crippen molar-refractivity contribution in [1.82, 2.24) is 4.90 Å². The number of carbonyl (C=O) groups excluding carboxylic acids is 4. The molecule has 1 aliphatic rings. The highest BCUT2D eigenvalue weighted by atomic mass is 35.5. The lowest BCUT2D eigenvalue weighted by molar-refractivity contribution is -0.384. The number of esters is 1. The number of benzene rings is 2. The normalized spacial score (nSPS) is 13.8. The summed E-state index contributed by atoms with van der Waals surface area (Å²) < 4.78 is 5.08. The van der Waals surface area contributed by atoms with E-state index in [9.17, 15) is 29.3 Å². The fourth-order valence-corrected chi connectivity index (χ4v) is 3.61. The van der Waals surface area contributed by atoms with Crippen molar-refractivity contribution in [2.75, 3.05) is 6.61 Å². The molecule has 0 unspecified atom stereocenters. The number of carbonyl (C=O) groups is 4. The molecule has 0 bridgehead atoms. The minimum absolute atomic E-state index is 0.00974. The number of hydrogen-bond acceptors (Lipinski definition) is 7. The van der Waals surface area contributed by atoms with Crippen molar-refractivity contribution in [3.8, 4) is 0 Å². The molecule has 32 heavy (non-hydrogen) atoms. The molecule has 2 amide bonds. The quantitative estimate of drug-likeness (QED) is 0.194. The summed E-state index contributed by atoms with van der Waals surface area (Å²) in [5, 5.41) is 11.0. The van der Waals surface area contributed by atoms with E-state index in [1.54, 1.807) is 13.8 Å². The molecule has 0 spiro atoms. The molecule has 0 fully saturated rings. The first-order chi connectivity index (χ1) is 15.0. The van der Waals surface area contributed by atoms with Gasteiger partial charge in [-0.1, -0.05) is 49.2 Å². The van der Waals surface area contributed by atoms with Crippen molar-refractivity contribution in [2.24, 2.45) is 5.92 Å². The van der Waals surface area contributed by atoms with Gasteiger partial charge in [-0.05, 0) is 18.1 Å². The number of hydrogen-bond donors (Lipinski definition) is 0. The summed E-state index contributed by atoms with van der Waals surface area (Å²) >= 11 is 11.9. The van der Waals surface area contributed by atoms with Crippen LogP contribution in [0, 0.1) is 16.0 Å². The Bertz CT molecular complexity index is 1120. The van der Waals surface area contributed by atoms with Gasteiger partial charge in [0.05, 0.1) is 26.1 Å². The van der Waals surface area contributed by atoms with Crippen molar-refractivity contribution in [1.29, 1.82) is 0 Å². The lowest BCUT2D eigenvalue weighted by Crippen LogP contribution is -2.49. The molecule has 1 heterocycles. The van der Waals surface area contributed by atoms with Crippen molar-refractivity contribution < 1.29 is 28.8 Å². The number of fused-ring (bicyclic) bond motifs is 1. The molecule has 166 valence electrons. The summed E-state index contributed by atoms with van der Waals surface area (Å²) in [7, 11) is 0. The number of ether oxygens (including phenoxy) is 1. The van der Waals surface area contributed by atoms with Gasteiger partial charge in [-0.15, -0.1) is 0 Å². The van der Waals surface area contributed by atoms with Crippen LogP contribution >= 0.6 is 23.2 Å². The Balaban J connectivity index is 1.79. The van der Waals surface area contributed by atoms with E-state index in [2.05, 4.69) is 0 Å². The predicted molar refractivity (Wildman–Crippen MR) is 114 cm³/mol. The zero-order chi connectivity index (χ0) is 23.7. The lowest BCUT2D eigenvalue weighted by Gasteiger charge is -2.27. The number of halogens is 2. The maximum atomic E-state index is 12.8. The van der Waals surface area contributed by atoms with Crippen LogP contribution in [0.15, 0.2) is 36.4 Å². The van der Waals surface area contributed by atoms with Gasteiger partial charge in [0.1, 0.15) is 6.04 Å².